The molecule has 1 N–H and O–H groups in total. The lowest BCUT2D eigenvalue weighted by atomic mass is 10.1. The average Bonchev–Trinajstić information content (AvgIpc) is 2.43. The Morgan fingerprint density at radius 1 is 1.43 bits per heavy atom. The number of amides is 1. The molecular weight excluding hydrogens is 318 g/mol. The molecule has 0 radical (unpaired) electrons. The number of carbonyl (C=O) groups excluding carboxylic acids is 1. The van der Waals surface area contributed by atoms with Crippen molar-refractivity contribution < 1.29 is 22.7 Å². The maximum Gasteiger partial charge on any atom is 0.264 e. The van der Waals surface area contributed by atoms with Crippen molar-refractivity contribution in [3.8, 4) is 5.75 Å². The van der Waals surface area contributed by atoms with Gasteiger partial charge in [0, 0.05) is 17.3 Å². The summed E-state index contributed by atoms with van der Waals surface area (Å²) in [7, 11) is 2.80. The molecule has 6 nitrogen and oxygen atoms in total. The van der Waals surface area contributed by atoms with Crippen LogP contribution in [0.4, 0.5) is 0 Å². The van der Waals surface area contributed by atoms with E-state index in [4.69, 9.17) is 20.2 Å². The number of rotatable bonds is 7. The molecule has 0 heterocycles. The molecule has 1 aromatic carbocycles. The van der Waals surface area contributed by atoms with Crippen molar-refractivity contribution in [2.45, 2.75) is 24.8 Å². The zero-order valence-electron chi connectivity index (χ0n) is 12.1. The monoisotopic (exact) mass is 335 g/mol. The van der Waals surface area contributed by atoms with Gasteiger partial charge in [0.05, 0.1) is 13.2 Å². The number of hydrogen-bond acceptors (Lipinski definition) is 5. The van der Waals surface area contributed by atoms with Crippen LogP contribution in [0.25, 0.3) is 0 Å². The topological polar surface area (TPSA) is 81.7 Å². The molecule has 21 heavy (non-hydrogen) atoms. The van der Waals surface area contributed by atoms with Crippen LogP contribution in [-0.4, -0.2) is 34.6 Å². The molecule has 1 rings (SSSR count). The second-order valence-corrected chi connectivity index (χ2v) is 6.81. The molecule has 0 aliphatic heterocycles. The zero-order chi connectivity index (χ0) is 16.0. The highest BCUT2D eigenvalue weighted by Gasteiger charge is 2.19. The molecule has 1 amide bonds. The SMILES string of the molecule is CCOCC(=O)NC(C)c1ccc(OC)c(S(=O)(=O)Cl)c1. The minimum Gasteiger partial charge on any atom is -0.495 e. The smallest absolute Gasteiger partial charge is 0.264 e. The molecule has 118 valence electrons. The Kier molecular flexibility index (Phi) is 6.44. The third-order valence-corrected chi connectivity index (χ3v) is 4.11. The van der Waals surface area contributed by atoms with E-state index in [2.05, 4.69) is 5.32 Å². The maximum atomic E-state index is 11.6. The van der Waals surface area contributed by atoms with Gasteiger partial charge in [-0.2, -0.15) is 0 Å². The van der Waals surface area contributed by atoms with Crippen LogP contribution in [0, 0.1) is 0 Å². The third kappa shape index (κ3) is 5.18. The summed E-state index contributed by atoms with van der Waals surface area (Å²) >= 11 is 0. The molecule has 8 heteroatoms. The van der Waals surface area contributed by atoms with Gasteiger partial charge in [-0.3, -0.25) is 4.79 Å². The fourth-order valence-corrected chi connectivity index (χ4v) is 2.74. The van der Waals surface area contributed by atoms with Crippen molar-refractivity contribution in [3.63, 3.8) is 0 Å². The Balaban J connectivity index is 2.96. The highest BCUT2D eigenvalue weighted by Crippen LogP contribution is 2.29. The fraction of sp³-hybridized carbons (Fsp3) is 0.462. The van der Waals surface area contributed by atoms with Crippen molar-refractivity contribution >= 4 is 25.6 Å². The van der Waals surface area contributed by atoms with E-state index in [1.54, 1.807) is 19.9 Å². The van der Waals surface area contributed by atoms with Gasteiger partial charge >= 0.3 is 0 Å². The minimum atomic E-state index is -3.93. The van der Waals surface area contributed by atoms with E-state index in [-0.39, 0.29) is 29.2 Å². The van der Waals surface area contributed by atoms with Gasteiger partial charge in [-0.25, -0.2) is 8.42 Å². The van der Waals surface area contributed by atoms with Crippen molar-refractivity contribution in [2.75, 3.05) is 20.3 Å². The summed E-state index contributed by atoms with van der Waals surface area (Å²) in [6, 6.07) is 4.15. The summed E-state index contributed by atoms with van der Waals surface area (Å²) in [5.74, 6) is -0.128. The summed E-state index contributed by atoms with van der Waals surface area (Å²) in [5, 5.41) is 2.70. The molecule has 0 spiro atoms. The quantitative estimate of drug-likeness (QED) is 0.769. The molecule has 0 saturated carbocycles. The second-order valence-electron chi connectivity index (χ2n) is 4.27. The first kappa shape index (κ1) is 17.7. The lowest BCUT2D eigenvalue weighted by molar-refractivity contribution is -0.126. The normalized spacial score (nSPS) is 12.8. The van der Waals surface area contributed by atoms with Gasteiger partial charge in [0.25, 0.3) is 9.05 Å². The first-order valence-electron chi connectivity index (χ1n) is 6.29. The van der Waals surface area contributed by atoms with Crippen molar-refractivity contribution in [1.29, 1.82) is 0 Å². The van der Waals surface area contributed by atoms with E-state index in [0.29, 0.717) is 12.2 Å². The molecule has 0 fully saturated rings. The van der Waals surface area contributed by atoms with Crippen molar-refractivity contribution in [2.24, 2.45) is 0 Å². The fourth-order valence-electron chi connectivity index (χ4n) is 1.71. The van der Waals surface area contributed by atoms with Crippen LogP contribution in [0.15, 0.2) is 23.1 Å². The minimum absolute atomic E-state index is 0.0440. The summed E-state index contributed by atoms with van der Waals surface area (Å²) in [4.78, 5) is 11.5. The number of ether oxygens (including phenoxy) is 2. The number of benzene rings is 1. The predicted octanol–water partition coefficient (Wildman–Crippen LogP) is 1.84. The van der Waals surface area contributed by atoms with Gasteiger partial charge in [-0.1, -0.05) is 6.07 Å². The zero-order valence-corrected chi connectivity index (χ0v) is 13.6. The Bertz CT molecular complexity index is 603. The van der Waals surface area contributed by atoms with Crippen LogP contribution in [0.1, 0.15) is 25.5 Å². The number of nitrogens with one attached hydrogen (secondary N) is 1. The Labute approximate surface area is 128 Å². The van der Waals surface area contributed by atoms with Gasteiger partial charge in [0.1, 0.15) is 17.3 Å². The molecule has 0 bridgehead atoms. The van der Waals surface area contributed by atoms with E-state index in [1.165, 1.54) is 19.2 Å². The molecule has 0 saturated heterocycles. The lowest BCUT2D eigenvalue weighted by Gasteiger charge is -2.16. The molecule has 1 aromatic rings. The number of halogens is 1. The molecule has 1 atom stereocenters. The Morgan fingerprint density at radius 3 is 2.62 bits per heavy atom. The summed E-state index contributed by atoms with van der Waals surface area (Å²) in [6.07, 6.45) is 0. The second kappa shape index (κ2) is 7.63. The van der Waals surface area contributed by atoms with Crippen LogP contribution < -0.4 is 10.1 Å². The van der Waals surface area contributed by atoms with E-state index in [1.807, 2.05) is 0 Å². The number of carbonyl (C=O) groups is 1. The lowest BCUT2D eigenvalue weighted by Crippen LogP contribution is -2.30. The van der Waals surface area contributed by atoms with Crippen LogP contribution in [0.2, 0.25) is 0 Å². The van der Waals surface area contributed by atoms with Gasteiger partial charge in [0.15, 0.2) is 0 Å². The molecule has 0 aromatic heterocycles. The summed E-state index contributed by atoms with van der Waals surface area (Å²) < 4.78 is 33.0. The predicted molar refractivity (Wildman–Crippen MR) is 79.1 cm³/mol. The van der Waals surface area contributed by atoms with E-state index >= 15 is 0 Å². The molecular formula is C13H18ClNO5S. The standard InChI is InChI=1S/C13H18ClNO5S/c1-4-20-8-13(16)15-9(2)10-5-6-11(19-3)12(7-10)21(14,17)18/h5-7,9H,4,8H2,1-3H3,(H,15,16). The van der Waals surface area contributed by atoms with E-state index in [0.717, 1.165) is 0 Å². The summed E-state index contributed by atoms with van der Waals surface area (Å²) in [5.41, 5.74) is 0.597. The van der Waals surface area contributed by atoms with Gasteiger partial charge < -0.3 is 14.8 Å². The van der Waals surface area contributed by atoms with Crippen molar-refractivity contribution in [1.82, 2.24) is 5.32 Å². The largest absolute Gasteiger partial charge is 0.495 e. The van der Waals surface area contributed by atoms with Crippen molar-refractivity contribution in [3.05, 3.63) is 23.8 Å². The Hall–Kier alpha value is -1.31. The van der Waals surface area contributed by atoms with E-state index in [9.17, 15) is 13.2 Å². The number of methoxy groups -OCH3 is 1. The van der Waals surface area contributed by atoms with Gasteiger partial charge in [-0.05, 0) is 31.5 Å². The first-order chi connectivity index (χ1) is 9.79. The third-order valence-electron chi connectivity index (χ3n) is 2.77. The molecule has 1 unspecified atom stereocenters. The maximum absolute atomic E-state index is 11.6. The first-order valence-corrected chi connectivity index (χ1v) is 8.60. The van der Waals surface area contributed by atoms with Gasteiger partial charge in [-0.15, -0.1) is 0 Å². The molecule has 0 aliphatic rings. The van der Waals surface area contributed by atoms with E-state index < -0.39 is 9.05 Å². The Morgan fingerprint density at radius 2 is 2.10 bits per heavy atom. The van der Waals surface area contributed by atoms with Gasteiger partial charge in [0.2, 0.25) is 5.91 Å². The summed E-state index contributed by atoms with van der Waals surface area (Å²) in [6.45, 7) is 3.92. The average molecular weight is 336 g/mol. The molecule has 0 aliphatic carbocycles. The van der Waals surface area contributed by atoms with Crippen LogP contribution in [0.5, 0.6) is 5.75 Å². The highest BCUT2D eigenvalue weighted by molar-refractivity contribution is 8.13. The van der Waals surface area contributed by atoms with Crippen LogP contribution in [0.3, 0.4) is 0 Å². The number of hydrogen-bond donors (Lipinski definition) is 1. The highest BCUT2D eigenvalue weighted by atomic mass is 35.7. The van der Waals surface area contributed by atoms with Crippen LogP contribution >= 0.6 is 10.7 Å². The van der Waals surface area contributed by atoms with Crippen LogP contribution in [-0.2, 0) is 18.6 Å².